The molecule has 0 aliphatic carbocycles. The van der Waals surface area contributed by atoms with Gasteiger partial charge in [0, 0.05) is 28.6 Å². The summed E-state index contributed by atoms with van der Waals surface area (Å²) in [5, 5.41) is 16.6. The molecule has 2 amide bonds. The zero-order valence-electron chi connectivity index (χ0n) is 15.9. The van der Waals surface area contributed by atoms with Crippen LogP contribution in [0.25, 0.3) is 0 Å². The fraction of sp³-hybridized carbons (Fsp3) is 0.250. The van der Waals surface area contributed by atoms with Gasteiger partial charge in [0.05, 0.1) is 13.3 Å². The van der Waals surface area contributed by atoms with E-state index in [1.165, 1.54) is 13.3 Å². The van der Waals surface area contributed by atoms with Crippen molar-refractivity contribution >= 4 is 39.6 Å². The van der Waals surface area contributed by atoms with Crippen molar-refractivity contribution in [1.29, 1.82) is 0 Å². The second-order valence-corrected chi connectivity index (χ2v) is 7.12. The predicted octanol–water partition coefficient (Wildman–Crippen LogP) is 3.65. The maximum absolute atomic E-state index is 12.0. The minimum absolute atomic E-state index is 0.0120. The molecule has 0 aliphatic heterocycles. The molecule has 2 rings (SSSR count). The first kappa shape index (κ1) is 21.4. The third-order valence-corrected chi connectivity index (χ3v) is 4.37. The normalized spacial score (nSPS) is 10.7. The van der Waals surface area contributed by atoms with E-state index in [-0.39, 0.29) is 30.2 Å². The molecule has 148 valence electrons. The summed E-state index contributed by atoms with van der Waals surface area (Å²) in [5.74, 6) is -0.462. The number of benzene rings is 2. The van der Waals surface area contributed by atoms with Crippen molar-refractivity contribution in [3.8, 4) is 11.5 Å². The van der Waals surface area contributed by atoms with Gasteiger partial charge in [-0.1, -0.05) is 33.6 Å². The first-order chi connectivity index (χ1) is 13.3. The Morgan fingerprint density at radius 1 is 1.18 bits per heavy atom. The lowest BCUT2D eigenvalue weighted by Crippen LogP contribution is -2.20. The molecule has 0 aromatic heterocycles. The molecular formula is C20H22BrN3O4. The molecule has 0 bridgehead atoms. The quantitative estimate of drug-likeness (QED) is 0.445. The van der Waals surface area contributed by atoms with Gasteiger partial charge in [0.2, 0.25) is 11.8 Å². The highest BCUT2D eigenvalue weighted by atomic mass is 79.9. The molecular weight excluding hydrogens is 426 g/mol. The van der Waals surface area contributed by atoms with E-state index in [0.29, 0.717) is 10.0 Å². The molecule has 0 atom stereocenters. The number of rotatable bonds is 7. The number of carbonyl (C=O) groups excluding carboxylic acids is 2. The Labute approximate surface area is 171 Å². The second-order valence-electron chi connectivity index (χ2n) is 6.21. The van der Waals surface area contributed by atoms with Crippen LogP contribution < -0.4 is 15.5 Å². The highest BCUT2D eigenvalue weighted by Crippen LogP contribution is 2.32. The van der Waals surface area contributed by atoms with Crippen LogP contribution in [0.4, 0.5) is 5.69 Å². The molecule has 0 radical (unpaired) electrons. The van der Waals surface area contributed by atoms with E-state index < -0.39 is 5.91 Å². The zero-order chi connectivity index (χ0) is 20.7. The summed E-state index contributed by atoms with van der Waals surface area (Å²) in [6, 6.07) is 8.97. The van der Waals surface area contributed by atoms with Crippen molar-refractivity contribution < 1.29 is 19.4 Å². The van der Waals surface area contributed by atoms with E-state index in [0.717, 1.165) is 16.8 Å². The number of hydrogen-bond acceptors (Lipinski definition) is 5. The van der Waals surface area contributed by atoms with E-state index in [2.05, 4.69) is 31.8 Å². The van der Waals surface area contributed by atoms with Crippen LogP contribution in [0, 0.1) is 13.8 Å². The van der Waals surface area contributed by atoms with E-state index in [1.807, 2.05) is 32.0 Å². The summed E-state index contributed by atoms with van der Waals surface area (Å²) < 4.78 is 5.74. The maximum Gasteiger partial charge on any atom is 0.240 e. The smallest absolute Gasteiger partial charge is 0.240 e. The standard InChI is InChI=1S/C20H22BrN3O4/c1-12-4-5-16(13(2)8-12)23-18(25)6-7-19(26)24-22-11-14-9-15(21)10-17(28-3)20(14)27/h4-5,8-11,27H,6-7H2,1-3H3,(H,23,25)(H,24,26). The van der Waals surface area contributed by atoms with Gasteiger partial charge >= 0.3 is 0 Å². The van der Waals surface area contributed by atoms with Crippen LogP contribution in [0.2, 0.25) is 0 Å². The number of nitrogens with zero attached hydrogens (tertiary/aromatic N) is 1. The Morgan fingerprint density at radius 2 is 1.89 bits per heavy atom. The molecule has 8 heteroatoms. The number of aryl methyl sites for hydroxylation is 2. The number of halogens is 1. The van der Waals surface area contributed by atoms with Crippen molar-refractivity contribution in [3.63, 3.8) is 0 Å². The van der Waals surface area contributed by atoms with Crippen LogP contribution >= 0.6 is 15.9 Å². The predicted molar refractivity (Wildman–Crippen MR) is 112 cm³/mol. The number of carbonyl (C=O) groups is 2. The number of methoxy groups -OCH3 is 1. The first-order valence-electron chi connectivity index (χ1n) is 8.55. The third-order valence-electron chi connectivity index (χ3n) is 3.92. The highest BCUT2D eigenvalue weighted by Gasteiger charge is 2.10. The SMILES string of the molecule is COc1cc(Br)cc(C=NNC(=O)CCC(=O)Nc2ccc(C)cc2C)c1O. The minimum atomic E-state index is -0.409. The lowest BCUT2D eigenvalue weighted by atomic mass is 10.1. The van der Waals surface area contributed by atoms with Gasteiger partial charge in [0.25, 0.3) is 0 Å². The van der Waals surface area contributed by atoms with E-state index in [1.54, 1.807) is 12.1 Å². The van der Waals surface area contributed by atoms with Crippen molar-refractivity contribution in [1.82, 2.24) is 5.43 Å². The number of anilines is 1. The molecule has 0 unspecified atom stereocenters. The van der Waals surface area contributed by atoms with Crippen LogP contribution in [0.3, 0.4) is 0 Å². The van der Waals surface area contributed by atoms with E-state index >= 15 is 0 Å². The number of aromatic hydroxyl groups is 1. The van der Waals surface area contributed by atoms with Crippen LogP contribution in [-0.4, -0.2) is 30.2 Å². The number of hydrazone groups is 1. The van der Waals surface area contributed by atoms with Crippen LogP contribution in [0.1, 0.15) is 29.5 Å². The van der Waals surface area contributed by atoms with Gasteiger partial charge in [-0.25, -0.2) is 5.43 Å². The summed E-state index contributed by atoms with van der Waals surface area (Å²) in [6.07, 6.45) is 1.32. The van der Waals surface area contributed by atoms with E-state index in [4.69, 9.17) is 4.74 Å². The number of phenols is 1. The van der Waals surface area contributed by atoms with Gasteiger partial charge in [-0.3, -0.25) is 9.59 Å². The van der Waals surface area contributed by atoms with Crippen LogP contribution in [-0.2, 0) is 9.59 Å². The summed E-state index contributed by atoms with van der Waals surface area (Å²) in [5.41, 5.74) is 5.52. The lowest BCUT2D eigenvalue weighted by molar-refractivity contribution is -0.124. The summed E-state index contributed by atoms with van der Waals surface area (Å²) in [7, 11) is 1.44. The number of ether oxygens (including phenoxy) is 1. The van der Waals surface area contributed by atoms with Gasteiger partial charge in [0.15, 0.2) is 11.5 Å². The van der Waals surface area contributed by atoms with Crippen LogP contribution in [0.15, 0.2) is 39.9 Å². The first-order valence-corrected chi connectivity index (χ1v) is 9.35. The number of amides is 2. The largest absolute Gasteiger partial charge is 0.504 e. The average Bonchev–Trinajstić information content (AvgIpc) is 2.64. The van der Waals surface area contributed by atoms with Crippen molar-refractivity contribution in [2.24, 2.45) is 5.10 Å². The molecule has 2 aromatic rings. The molecule has 0 spiro atoms. The Morgan fingerprint density at radius 3 is 2.57 bits per heavy atom. The van der Waals surface area contributed by atoms with Crippen molar-refractivity contribution in [3.05, 3.63) is 51.5 Å². The molecule has 0 saturated carbocycles. The van der Waals surface area contributed by atoms with Gasteiger partial charge in [-0.15, -0.1) is 0 Å². The second kappa shape index (κ2) is 9.89. The monoisotopic (exact) mass is 447 g/mol. The topological polar surface area (TPSA) is 100 Å². The zero-order valence-corrected chi connectivity index (χ0v) is 17.5. The molecule has 3 N–H and O–H groups in total. The fourth-order valence-electron chi connectivity index (χ4n) is 2.47. The molecule has 0 aliphatic rings. The Hall–Kier alpha value is -2.87. The summed E-state index contributed by atoms with van der Waals surface area (Å²) in [6.45, 7) is 3.89. The molecule has 0 heterocycles. The number of hydrogen-bond donors (Lipinski definition) is 3. The Bertz CT molecular complexity index is 913. The fourth-order valence-corrected chi connectivity index (χ4v) is 2.93. The highest BCUT2D eigenvalue weighted by molar-refractivity contribution is 9.10. The molecule has 2 aromatic carbocycles. The van der Waals surface area contributed by atoms with Gasteiger partial charge in [-0.05, 0) is 37.6 Å². The summed E-state index contributed by atoms with van der Waals surface area (Å²) in [4.78, 5) is 23.9. The Kier molecular flexibility index (Phi) is 7.57. The third kappa shape index (κ3) is 6.09. The molecule has 7 nitrogen and oxygen atoms in total. The molecule has 28 heavy (non-hydrogen) atoms. The maximum atomic E-state index is 12.0. The average molecular weight is 448 g/mol. The van der Waals surface area contributed by atoms with Crippen molar-refractivity contribution in [2.45, 2.75) is 26.7 Å². The van der Waals surface area contributed by atoms with Gasteiger partial charge in [-0.2, -0.15) is 5.10 Å². The molecule has 0 saturated heterocycles. The van der Waals surface area contributed by atoms with Gasteiger partial charge in [0.1, 0.15) is 0 Å². The molecule has 0 fully saturated rings. The van der Waals surface area contributed by atoms with Crippen LogP contribution in [0.5, 0.6) is 11.5 Å². The Balaban J connectivity index is 1.85. The van der Waals surface area contributed by atoms with E-state index in [9.17, 15) is 14.7 Å². The number of phenolic OH excluding ortho intramolecular Hbond substituents is 1. The summed E-state index contributed by atoms with van der Waals surface area (Å²) >= 11 is 3.30. The van der Waals surface area contributed by atoms with Crippen molar-refractivity contribution in [2.75, 3.05) is 12.4 Å². The number of nitrogens with one attached hydrogen (secondary N) is 2. The van der Waals surface area contributed by atoms with Gasteiger partial charge < -0.3 is 15.2 Å². The minimum Gasteiger partial charge on any atom is -0.504 e. The lowest BCUT2D eigenvalue weighted by Gasteiger charge is -2.09.